The normalized spacial score (nSPS) is 18.7. The van der Waals surface area contributed by atoms with E-state index in [1.807, 2.05) is 18.2 Å². The van der Waals surface area contributed by atoms with E-state index in [1.165, 1.54) is 31.2 Å². The molecule has 1 aliphatic carbocycles. The smallest absolute Gasteiger partial charge is 0.119 e. The van der Waals surface area contributed by atoms with Gasteiger partial charge < -0.3 is 10.5 Å². The maximum atomic E-state index is 6.34. The molecule has 0 bridgehead atoms. The third-order valence-corrected chi connectivity index (χ3v) is 4.19. The van der Waals surface area contributed by atoms with Crippen molar-refractivity contribution in [1.82, 2.24) is 0 Å². The zero-order valence-corrected chi connectivity index (χ0v) is 11.2. The molecule has 0 amide bonds. The lowest BCUT2D eigenvalue weighted by atomic mass is 9.92. The quantitative estimate of drug-likeness (QED) is 0.919. The maximum Gasteiger partial charge on any atom is 0.119 e. The van der Waals surface area contributed by atoms with Crippen molar-refractivity contribution < 1.29 is 4.74 Å². The van der Waals surface area contributed by atoms with Gasteiger partial charge in [-0.2, -0.15) is 0 Å². The predicted molar refractivity (Wildman–Crippen MR) is 69.6 cm³/mol. The predicted octanol–water partition coefficient (Wildman–Crippen LogP) is 3.65. The minimum Gasteiger partial charge on any atom is -0.497 e. The van der Waals surface area contributed by atoms with E-state index in [2.05, 4.69) is 15.9 Å². The average Bonchev–Trinajstić information content (AvgIpc) is 2.82. The van der Waals surface area contributed by atoms with E-state index in [4.69, 9.17) is 10.5 Å². The Morgan fingerprint density at radius 2 is 2.06 bits per heavy atom. The Kier molecular flexibility index (Phi) is 3.87. The summed E-state index contributed by atoms with van der Waals surface area (Å²) >= 11 is 3.57. The number of rotatable bonds is 3. The Balaban J connectivity index is 2.23. The average molecular weight is 284 g/mol. The Bertz CT molecular complexity index is 361. The molecule has 0 radical (unpaired) electrons. The maximum absolute atomic E-state index is 6.34. The third-order valence-electron chi connectivity index (χ3n) is 3.47. The van der Waals surface area contributed by atoms with Crippen molar-refractivity contribution >= 4 is 15.9 Å². The van der Waals surface area contributed by atoms with Gasteiger partial charge in [0.1, 0.15) is 5.75 Å². The van der Waals surface area contributed by atoms with E-state index < -0.39 is 0 Å². The molecule has 0 unspecified atom stereocenters. The monoisotopic (exact) mass is 283 g/mol. The molecule has 0 aliphatic heterocycles. The molecule has 1 atom stereocenters. The summed E-state index contributed by atoms with van der Waals surface area (Å²) < 4.78 is 6.34. The minimum absolute atomic E-state index is 0.131. The number of hydrogen-bond acceptors (Lipinski definition) is 2. The van der Waals surface area contributed by atoms with Gasteiger partial charge in [0.05, 0.1) is 7.11 Å². The van der Waals surface area contributed by atoms with Gasteiger partial charge in [-0.25, -0.2) is 0 Å². The van der Waals surface area contributed by atoms with E-state index in [1.54, 1.807) is 7.11 Å². The molecule has 1 saturated carbocycles. The second kappa shape index (κ2) is 5.19. The SMILES string of the molecule is COc1ccc(Br)c([C@H](N)C2CCCC2)c1. The molecule has 0 spiro atoms. The van der Waals surface area contributed by atoms with Gasteiger partial charge >= 0.3 is 0 Å². The molecule has 1 fully saturated rings. The van der Waals surface area contributed by atoms with Crippen LogP contribution in [0.15, 0.2) is 22.7 Å². The molecule has 1 aliphatic rings. The van der Waals surface area contributed by atoms with Crippen LogP contribution < -0.4 is 10.5 Å². The van der Waals surface area contributed by atoms with Crippen LogP contribution in [0, 0.1) is 5.92 Å². The van der Waals surface area contributed by atoms with E-state index in [-0.39, 0.29) is 6.04 Å². The second-order valence-electron chi connectivity index (χ2n) is 4.46. The van der Waals surface area contributed by atoms with Gasteiger partial charge in [0.2, 0.25) is 0 Å². The van der Waals surface area contributed by atoms with E-state index in [0.29, 0.717) is 5.92 Å². The number of nitrogens with two attached hydrogens (primary N) is 1. The Labute approximate surface area is 105 Å². The topological polar surface area (TPSA) is 35.2 Å². The fourth-order valence-electron chi connectivity index (χ4n) is 2.47. The van der Waals surface area contributed by atoms with Crippen molar-refractivity contribution in [1.29, 1.82) is 0 Å². The van der Waals surface area contributed by atoms with Crippen molar-refractivity contribution in [2.45, 2.75) is 31.7 Å². The van der Waals surface area contributed by atoms with Crippen LogP contribution >= 0.6 is 15.9 Å². The molecule has 2 nitrogen and oxygen atoms in total. The second-order valence-corrected chi connectivity index (χ2v) is 5.31. The first kappa shape index (κ1) is 11.9. The van der Waals surface area contributed by atoms with Gasteiger partial charge in [-0.15, -0.1) is 0 Å². The molecule has 16 heavy (non-hydrogen) atoms. The summed E-state index contributed by atoms with van der Waals surface area (Å²) in [6.07, 6.45) is 5.15. The summed E-state index contributed by atoms with van der Waals surface area (Å²) in [5.41, 5.74) is 7.51. The molecule has 0 saturated heterocycles. The van der Waals surface area contributed by atoms with Gasteiger partial charge in [0, 0.05) is 10.5 Å². The summed E-state index contributed by atoms with van der Waals surface area (Å²) in [5.74, 6) is 1.51. The van der Waals surface area contributed by atoms with Crippen LogP contribution in [0.4, 0.5) is 0 Å². The molecular formula is C13H18BrNO. The van der Waals surface area contributed by atoms with E-state index in [0.717, 1.165) is 10.2 Å². The Hall–Kier alpha value is -0.540. The summed E-state index contributed by atoms with van der Waals surface area (Å²) in [7, 11) is 1.69. The van der Waals surface area contributed by atoms with Crippen LogP contribution in [0.5, 0.6) is 5.75 Å². The highest BCUT2D eigenvalue weighted by molar-refractivity contribution is 9.10. The minimum atomic E-state index is 0.131. The number of methoxy groups -OCH3 is 1. The molecule has 0 aromatic heterocycles. The van der Waals surface area contributed by atoms with Crippen molar-refractivity contribution in [3.05, 3.63) is 28.2 Å². The van der Waals surface area contributed by atoms with Crippen LogP contribution in [0.25, 0.3) is 0 Å². The zero-order valence-electron chi connectivity index (χ0n) is 9.58. The molecule has 88 valence electrons. The lowest BCUT2D eigenvalue weighted by molar-refractivity contribution is 0.409. The van der Waals surface area contributed by atoms with Gasteiger partial charge in [0.15, 0.2) is 0 Å². The summed E-state index contributed by atoms with van der Waals surface area (Å²) in [4.78, 5) is 0. The fourth-order valence-corrected chi connectivity index (χ4v) is 2.99. The van der Waals surface area contributed by atoms with Gasteiger partial charge in [-0.1, -0.05) is 28.8 Å². The van der Waals surface area contributed by atoms with E-state index >= 15 is 0 Å². The Morgan fingerprint density at radius 1 is 1.38 bits per heavy atom. The first-order valence-electron chi connectivity index (χ1n) is 5.81. The number of benzene rings is 1. The molecule has 2 rings (SSSR count). The molecule has 3 heteroatoms. The van der Waals surface area contributed by atoms with Crippen LogP contribution in [-0.2, 0) is 0 Å². The molecule has 1 aromatic rings. The lowest BCUT2D eigenvalue weighted by Crippen LogP contribution is -2.19. The highest BCUT2D eigenvalue weighted by Gasteiger charge is 2.24. The van der Waals surface area contributed by atoms with Gasteiger partial charge in [0.25, 0.3) is 0 Å². The molecular weight excluding hydrogens is 266 g/mol. The third kappa shape index (κ3) is 2.41. The molecule has 1 aromatic carbocycles. The van der Waals surface area contributed by atoms with Gasteiger partial charge in [-0.3, -0.25) is 0 Å². The largest absolute Gasteiger partial charge is 0.497 e. The van der Waals surface area contributed by atoms with Crippen molar-refractivity contribution in [3.63, 3.8) is 0 Å². The highest BCUT2D eigenvalue weighted by atomic mass is 79.9. The van der Waals surface area contributed by atoms with Crippen molar-refractivity contribution in [2.75, 3.05) is 7.11 Å². The molecule has 0 heterocycles. The zero-order chi connectivity index (χ0) is 11.5. The fraction of sp³-hybridized carbons (Fsp3) is 0.538. The summed E-state index contributed by atoms with van der Waals surface area (Å²) in [5, 5.41) is 0. The number of halogens is 1. The lowest BCUT2D eigenvalue weighted by Gasteiger charge is -2.21. The summed E-state index contributed by atoms with van der Waals surface area (Å²) in [6, 6.07) is 6.15. The number of hydrogen-bond donors (Lipinski definition) is 1. The number of ether oxygens (including phenoxy) is 1. The van der Waals surface area contributed by atoms with E-state index in [9.17, 15) is 0 Å². The van der Waals surface area contributed by atoms with Crippen LogP contribution in [0.3, 0.4) is 0 Å². The standard InChI is InChI=1S/C13H18BrNO/c1-16-10-6-7-12(14)11(8-10)13(15)9-4-2-3-5-9/h6-9,13H,2-5,15H2,1H3/t13-/m1/s1. The van der Waals surface area contributed by atoms with Crippen molar-refractivity contribution in [2.24, 2.45) is 11.7 Å². The first-order chi connectivity index (χ1) is 7.72. The highest BCUT2D eigenvalue weighted by Crippen LogP contribution is 2.37. The summed E-state index contributed by atoms with van der Waals surface area (Å²) in [6.45, 7) is 0. The van der Waals surface area contributed by atoms with Crippen molar-refractivity contribution in [3.8, 4) is 5.75 Å². The van der Waals surface area contributed by atoms with Crippen LogP contribution in [0.1, 0.15) is 37.3 Å². The molecule has 2 N–H and O–H groups in total. The first-order valence-corrected chi connectivity index (χ1v) is 6.60. The van der Waals surface area contributed by atoms with Crippen LogP contribution in [-0.4, -0.2) is 7.11 Å². The van der Waals surface area contributed by atoms with Crippen LogP contribution in [0.2, 0.25) is 0 Å². The Morgan fingerprint density at radius 3 is 2.69 bits per heavy atom. The van der Waals surface area contributed by atoms with Gasteiger partial charge in [-0.05, 0) is 42.5 Å².